The molecule has 0 aromatic carbocycles. The molecular formula is C21H30N4O3. The van der Waals surface area contributed by atoms with Gasteiger partial charge in [-0.15, -0.1) is 0 Å². The zero-order valence-electron chi connectivity index (χ0n) is 16.8. The third-order valence-corrected chi connectivity index (χ3v) is 5.29. The van der Waals surface area contributed by atoms with Crippen molar-refractivity contribution in [3.63, 3.8) is 0 Å². The van der Waals surface area contributed by atoms with E-state index in [-0.39, 0.29) is 11.8 Å². The van der Waals surface area contributed by atoms with Gasteiger partial charge in [0.05, 0.1) is 12.7 Å². The lowest BCUT2D eigenvalue weighted by molar-refractivity contribution is -0.133. The molecule has 28 heavy (non-hydrogen) atoms. The number of carbonyl (C=O) groups excluding carboxylic acids is 2. The molecule has 2 aromatic heterocycles. The van der Waals surface area contributed by atoms with Crippen molar-refractivity contribution in [1.82, 2.24) is 20.0 Å². The molecule has 1 atom stereocenters. The summed E-state index contributed by atoms with van der Waals surface area (Å²) in [6.07, 6.45) is 8.40. The number of aromatic nitrogens is 2. The Morgan fingerprint density at radius 1 is 1.32 bits per heavy atom. The molecule has 1 aliphatic rings. The molecule has 1 aliphatic heterocycles. The molecule has 152 valence electrons. The Labute approximate surface area is 166 Å². The maximum Gasteiger partial charge on any atom is 0.222 e. The van der Waals surface area contributed by atoms with Crippen LogP contribution in [0.3, 0.4) is 0 Å². The summed E-state index contributed by atoms with van der Waals surface area (Å²) in [6.45, 7) is 3.90. The molecule has 0 aliphatic carbocycles. The molecule has 1 unspecified atom stereocenters. The number of furan rings is 1. The fourth-order valence-electron chi connectivity index (χ4n) is 3.73. The van der Waals surface area contributed by atoms with E-state index in [0.29, 0.717) is 25.3 Å². The minimum atomic E-state index is 0.0362. The third-order valence-electron chi connectivity index (χ3n) is 5.29. The fourth-order valence-corrected chi connectivity index (χ4v) is 3.73. The third kappa shape index (κ3) is 5.97. The number of amides is 2. The number of aryl methyl sites for hydroxylation is 3. The predicted molar refractivity (Wildman–Crippen MR) is 105 cm³/mol. The van der Waals surface area contributed by atoms with Crippen LogP contribution in [-0.4, -0.2) is 39.6 Å². The summed E-state index contributed by atoms with van der Waals surface area (Å²) in [5.41, 5.74) is 1.09. The van der Waals surface area contributed by atoms with Crippen molar-refractivity contribution in [3.8, 4) is 0 Å². The van der Waals surface area contributed by atoms with Gasteiger partial charge < -0.3 is 14.6 Å². The molecule has 3 rings (SSSR count). The van der Waals surface area contributed by atoms with Gasteiger partial charge in [-0.3, -0.25) is 14.3 Å². The lowest BCUT2D eigenvalue weighted by Crippen LogP contribution is -2.40. The number of nitrogens with zero attached hydrogens (tertiary/aromatic N) is 3. The molecule has 0 radical (unpaired) electrons. The van der Waals surface area contributed by atoms with Crippen molar-refractivity contribution in [2.75, 3.05) is 13.1 Å². The highest BCUT2D eigenvalue weighted by atomic mass is 16.3. The van der Waals surface area contributed by atoms with Gasteiger partial charge >= 0.3 is 0 Å². The van der Waals surface area contributed by atoms with Gasteiger partial charge in [0.15, 0.2) is 0 Å². The van der Waals surface area contributed by atoms with E-state index in [9.17, 15) is 9.59 Å². The van der Waals surface area contributed by atoms with Crippen molar-refractivity contribution >= 4 is 11.8 Å². The zero-order chi connectivity index (χ0) is 19.9. The maximum absolute atomic E-state index is 12.5. The van der Waals surface area contributed by atoms with E-state index in [1.54, 1.807) is 4.68 Å². The molecule has 0 spiro atoms. The first-order valence-electron chi connectivity index (χ1n) is 10.1. The Balaban J connectivity index is 1.36. The lowest BCUT2D eigenvalue weighted by Gasteiger charge is -2.33. The average Bonchev–Trinajstić information content (AvgIpc) is 3.30. The van der Waals surface area contributed by atoms with Crippen LogP contribution in [0.1, 0.15) is 49.2 Å². The van der Waals surface area contributed by atoms with E-state index >= 15 is 0 Å². The molecule has 3 heterocycles. The Morgan fingerprint density at radius 3 is 2.89 bits per heavy atom. The SMILES string of the molecule is Cc1ccc(CNC(=O)CCC2CCCN(C(=O)CCc3cnn(C)c3)C2)o1. The normalized spacial score (nSPS) is 16.9. The second kappa shape index (κ2) is 9.57. The molecule has 1 N–H and O–H groups in total. The van der Waals surface area contributed by atoms with Gasteiger partial charge in [-0.25, -0.2) is 0 Å². The van der Waals surface area contributed by atoms with Crippen LogP contribution in [0, 0.1) is 12.8 Å². The van der Waals surface area contributed by atoms with Gasteiger partial charge in [0, 0.05) is 39.2 Å². The van der Waals surface area contributed by atoms with Crippen LogP contribution in [0.4, 0.5) is 0 Å². The van der Waals surface area contributed by atoms with Gasteiger partial charge in [-0.2, -0.15) is 5.10 Å². The van der Waals surface area contributed by atoms with E-state index in [1.165, 1.54) is 0 Å². The van der Waals surface area contributed by atoms with Crippen LogP contribution in [0.2, 0.25) is 0 Å². The highest BCUT2D eigenvalue weighted by Crippen LogP contribution is 2.22. The first kappa shape index (κ1) is 20.2. The molecule has 1 fully saturated rings. The second-order valence-corrected chi connectivity index (χ2v) is 7.70. The number of hydrogen-bond donors (Lipinski definition) is 1. The first-order valence-corrected chi connectivity index (χ1v) is 10.1. The van der Waals surface area contributed by atoms with Crippen LogP contribution < -0.4 is 5.32 Å². The lowest BCUT2D eigenvalue weighted by atomic mass is 9.93. The van der Waals surface area contributed by atoms with Gasteiger partial charge in [-0.05, 0) is 56.2 Å². The summed E-state index contributed by atoms with van der Waals surface area (Å²) in [6, 6.07) is 3.77. The summed E-state index contributed by atoms with van der Waals surface area (Å²) in [5.74, 6) is 2.25. The highest BCUT2D eigenvalue weighted by molar-refractivity contribution is 5.77. The van der Waals surface area contributed by atoms with Crippen molar-refractivity contribution in [3.05, 3.63) is 41.6 Å². The van der Waals surface area contributed by atoms with Crippen LogP contribution in [-0.2, 0) is 29.6 Å². The molecule has 0 saturated carbocycles. The minimum absolute atomic E-state index is 0.0362. The van der Waals surface area contributed by atoms with Crippen LogP contribution >= 0.6 is 0 Å². The molecule has 2 amide bonds. The quantitative estimate of drug-likeness (QED) is 0.756. The second-order valence-electron chi connectivity index (χ2n) is 7.70. The van der Waals surface area contributed by atoms with Crippen molar-refractivity contribution in [2.45, 2.75) is 52.0 Å². The summed E-state index contributed by atoms with van der Waals surface area (Å²) >= 11 is 0. The van der Waals surface area contributed by atoms with Crippen molar-refractivity contribution in [1.29, 1.82) is 0 Å². The summed E-state index contributed by atoms with van der Waals surface area (Å²) in [5, 5.41) is 7.05. The Morgan fingerprint density at radius 2 is 2.18 bits per heavy atom. The standard InChI is InChI=1S/C21H30N4O3/c1-16-5-8-19(28-16)13-22-20(26)9-6-17-4-3-11-25(15-17)21(27)10-7-18-12-23-24(2)14-18/h5,8,12,14,17H,3-4,6-7,9-11,13,15H2,1-2H3,(H,22,26). The summed E-state index contributed by atoms with van der Waals surface area (Å²) in [4.78, 5) is 26.6. The smallest absolute Gasteiger partial charge is 0.222 e. The average molecular weight is 386 g/mol. The first-order chi connectivity index (χ1) is 13.5. The number of nitrogens with one attached hydrogen (secondary N) is 1. The molecule has 1 saturated heterocycles. The van der Waals surface area contributed by atoms with Crippen molar-refractivity contribution in [2.24, 2.45) is 13.0 Å². The number of carbonyl (C=O) groups is 2. The Bertz CT molecular complexity index is 795. The van der Waals surface area contributed by atoms with Crippen LogP contribution in [0.25, 0.3) is 0 Å². The Kier molecular flexibility index (Phi) is 6.90. The van der Waals surface area contributed by atoms with E-state index in [4.69, 9.17) is 4.42 Å². The number of hydrogen-bond acceptors (Lipinski definition) is 4. The zero-order valence-corrected chi connectivity index (χ0v) is 16.8. The van der Waals surface area contributed by atoms with Gasteiger partial charge in [-0.1, -0.05) is 0 Å². The topological polar surface area (TPSA) is 80.4 Å². The maximum atomic E-state index is 12.5. The Hall–Kier alpha value is -2.57. The van der Waals surface area contributed by atoms with Gasteiger partial charge in [0.2, 0.25) is 11.8 Å². The van der Waals surface area contributed by atoms with Crippen molar-refractivity contribution < 1.29 is 14.0 Å². The van der Waals surface area contributed by atoms with E-state index in [0.717, 1.165) is 55.9 Å². The van der Waals surface area contributed by atoms with E-state index in [2.05, 4.69) is 10.4 Å². The number of rotatable bonds is 8. The summed E-state index contributed by atoms with van der Waals surface area (Å²) < 4.78 is 7.22. The monoisotopic (exact) mass is 386 g/mol. The fraction of sp³-hybridized carbons (Fsp3) is 0.571. The van der Waals surface area contributed by atoms with E-state index in [1.807, 2.05) is 43.4 Å². The van der Waals surface area contributed by atoms with Crippen LogP contribution in [0.5, 0.6) is 0 Å². The molecule has 7 nitrogen and oxygen atoms in total. The van der Waals surface area contributed by atoms with Crippen LogP contribution in [0.15, 0.2) is 28.9 Å². The van der Waals surface area contributed by atoms with Gasteiger partial charge in [0.1, 0.15) is 11.5 Å². The number of likely N-dealkylation sites (tertiary alicyclic amines) is 1. The largest absolute Gasteiger partial charge is 0.465 e. The minimum Gasteiger partial charge on any atom is -0.465 e. The number of piperidine rings is 1. The van der Waals surface area contributed by atoms with Gasteiger partial charge in [0.25, 0.3) is 0 Å². The highest BCUT2D eigenvalue weighted by Gasteiger charge is 2.24. The molecular weight excluding hydrogens is 356 g/mol. The summed E-state index contributed by atoms with van der Waals surface area (Å²) in [7, 11) is 1.88. The predicted octanol–water partition coefficient (Wildman–Crippen LogP) is 2.59. The molecule has 7 heteroatoms. The van der Waals surface area contributed by atoms with E-state index < -0.39 is 0 Å². The molecule has 0 bridgehead atoms. The molecule has 2 aromatic rings.